The molecule has 1 N–H and O–H groups in total. The van der Waals surface area contributed by atoms with Gasteiger partial charge >= 0.3 is 11.8 Å². The van der Waals surface area contributed by atoms with Crippen molar-refractivity contribution in [3.63, 3.8) is 0 Å². The Hall–Kier alpha value is -1.10. The number of hydrogen-bond acceptors (Lipinski definition) is 3. The van der Waals surface area contributed by atoms with Crippen molar-refractivity contribution in [3.05, 3.63) is 0 Å². The van der Waals surface area contributed by atoms with E-state index >= 15 is 0 Å². The summed E-state index contributed by atoms with van der Waals surface area (Å²) < 4.78 is 0. The quantitative estimate of drug-likeness (QED) is 0.708. The second-order valence-electron chi connectivity index (χ2n) is 7.40. The lowest BCUT2D eigenvalue weighted by atomic mass is 9.84. The Morgan fingerprint density at radius 1 is 0.714 bits per heavy atom. The number of nitrogens with zero attached hydrogens (tertiary/aromatic N) is 2. The van der Waals surface area contributed by atoms with Crippen molar-refractivity contribution in [1.29, 1.82) is 0 Å². The topological polar surface area (TPSA) is 52.7 Å². The van der Waals surface area contributed by atoms with Crippen LogP contribution in [-0.2, 0) is 9.59 Å². The Kier molecular flexibility index (Phi) is 3.40. The second-order valence-corrected chi connectivity index (χ2v) is 7.40. The molecule has 1 aliphatic carbocycles. The van der Waals surface area contributed by atoms with E-state index in [2.05, 4.69) is 5.32 Å². The van der Waals surface area contributed by atoms with Crippen LogP contribution >= 0.6 is 0 Å². The molecule has 4 aliphatic rings. The van der Waals surface area contributed by atoms with Gasteiger partial charge in [-0.2, -0.15) is 0 Å². The molecule has 3 saturated heterocycles. The third-order valence-corrected chi connectivity index (χ3v) is 6.12. The van der Waals surface area contributed by atoms with Gasteiger partial charge in [0.2, 0.25) is 0 Å². The molecule has 5 nitrogen and oxygen atoms in total. The number of likely N-dealkylation sites (tertiary alicyclic amines) is 2. The molecule has 0 aromatic rings. The Morgan fingerprint density at radius 2 is 1.19 bits per heavy atom. The summed E-state index contributed by atoms with van der Waals surface area (Å²) in [5, 5.41) is 3.36. The van der Waals surface area contributed by atoms with E-state index in [4.69, 9.17) is 0 Å². The maximum absolute atomic E-state index is 12.4. The van der Waals surface area contributed by atoms with Crippen molar-refractivity contribution in [2.45, 2.75) is 25.7 Å². The van der Waals surface area contributed by atoms with E-state index in [1.807, 2.05) is 0 Å². The van der Waals surface area contributed by atoms with Crippen LogP contribution in [0.2, 0.25) is 0 Å². The van der Waals surface area contributed by atoms with E-state index < -0.39 is 0 Å². The van der Waals surface area contributed by atoms with Crippen LogP contribution in [0, 0.1) is 23.7 Å². The smallest absolute Gasteiger partial charge is 0.312 e. The highest BCUT2D eigenvalue weighted by Gasteiger charge is 2.43. The van der Waals surface area contributed by atoms with Gasteiger partial charge in [0.15, 0.2) is 0 Å². The van der Waals surface area contributed by atoms with Crippen molar-refractivity contribution in [2.24, 2.45) is 23.7 Å². The third kappa shape index (κ3) is 2.35. The first-order valence-electron chi connectivity index (χ1n) is 8.51. The summed E-state index contributed by atoms with van der Waals surface area (Å²) >= 11 is 0. The average Bonchev–Trinajstić information content (AvgIpc) is 3.11. The van der Waals surface area contributed by atoms with Gasteiger partial charge in [0.25, 0.3) is 0 Å². The molecule has 0 unspecified atom stereocenters. The SMILES string of the molecule is O=C(C(=O)N1C[C@H]2CNC[C@H]2C1)N1CC(C2CCCC2)C1. The van der Waals surface area contributed by atoms with Gasteiger partial charge in [-0.05, 0) is 23.7 Å². The van der Waals surface area contributed by atoms with Crippen LogP contribution in [0.25, 0.3) is 0 Å². The van der Waals surface area contributed by atoms with Gasteiger partial charge in [-0.15, -0.1) is 0 Å². The van der Waals surface area contributed by atoms with E-state index in [0.29, 0.717) is 17.8 Å². The van der Waals surface area contributed by atoms with Crippen molar-refractivity contribution >= 4 is 11.8 Å². The minimum Gasteiger partial charge on any atom is -0.334 e. The van der Waals surface area contributed by atoms with Crippen molar-refractivity contribution in [2.75, 3.05) is 39.3 Å². The van der Waals surface area contributed by atoms with Crippen LogP contribution < -0.4 is 5.32 Å². The number of nitrogens with one attached hydrogen (secondary N) is 1. The van der Waals surface area contributed by atoms with E-state index in [9.17, 15) is 9.59 Å². The normalized spacial score (nSPS) is 33.3. The van der Waals surface area contributed by atoms with Gasteiger partial charge in [0.1, 0.15) is 0 Å². The number of carbonyl (C=O) groups excluding carboxylic acids is 2. The lowest BCUT2D eigenvalue weighted by Gasteiger charge is -2.42. The van der Waals surface area contributed by atoms with Gasteiger partial charge in [-0.1, -0.05) is 25.7 Å². The number of carbonyl (C=O) groups is 2. The zero-order chi connectivity index (χ0) is 14.4. The van der Waals surface area contributed by atoms with Crippen LogP contribution in [0.3, 0.4) is 0 Å². The van der Waals surface area contributed by atoms with E-state index in [-0.39, 0.29) is 11.8 Å². The minimum absolute atomic E-state index is 0.253. The first-order chi connectivity index (χ1) is 10.2. The third-order valence-electron chi connectivity index (χ3n) is 6.12. The molecule has 0 bridgehead atoms. The number of rotatable bonds is 1. The van der Waals surface area contributed by atoms with Crippen molar-refractivity contribution in [3.8, 4) is 0 Å². The number of hydrogen-bond donors (Lipinski definition) is 1. The zero-order valence-electron chi connectivity index (χ0n) is 12.6. The molecule has 0 aromatic heterocycles. The lowest BCUT2D eigenvalue weighted by Crippen LogP contribution is -2.56. The molecule has 0 spiro atoms. The monoisotopic (exact) mass is 291 g/mol. The van der Waals surface area contributed by atoms with Crippen LogP contribution in [0.5, 0.6) is 0 Å². The minimum atomic E-state index is -0.255. The molecule has 1 saturated carbocycles. The van der Waals surface area contributed by atoms with Crippen molar-refractivity contribution < 1.29 is 9.59 Å². The first kappa shape index (κ1) is 13.6. The standard InChI is InChI=1S/C16H25N3O2/c20-15(18-7-12-5-17-6-13(12)8-18)16(21)19-9-14(10-19)11-3-1-2-4-11/h11-14,17H,1-10H2/t12-,13+. The van der Waals surface area contributed by atoms with Crippen LogP contribution in [-0.4, -0.2) is 60.9 Å². The maximum atomic E-state index is 12.4. The highest BCUT2D eigenvalue weighted by molar-refractivity contribution is 6.35. The second kappa shape index (κ2) is 5.27. The molecule has 3 heterocycles. The molecule has 3 aliphatic heterocycles. The number of fused-ring (bicyclic) bond motifs is 1. The molecule has 2 atom stereocenters. The molecule has 21 heavy (non-hydrogen) atoms. The van der Waals surface area contributed by atoms with E-state index in [1.54, 1.807) is 9.80 Å². The summed E-state index contributed by atoms with van der Waals surface area (Å²) in [5.74, 6) is 2.08. The molecular formula is C16H25N3O2. The summed E-state index contributed by atoms with van der Waals surface area (Å²) in [6.45, 7) is 5.16. The summed E-state index contributed by atoms with van der Waals surface area (Å²) in [4.78, 5) is 28.2. The van der Waals surface area contributed by atoms with Gasteiger partial charge in [0.05, 0.1) is 0 Å². The van der Waals surface area contributed by atoms with Gasteiger partial charge < -0.3 is 15.1 Å². The van der Waals surface area contributed by atoms with Gasteiger partial charge in [-0.3, -0.25) is 9.59 Å². The maximum Gasteiger partial charge on any atom is 0.312 e. The fourth-order valence-electron chi connectivity index (χ4n) is 4.70. The Bertz CT molecular complexity index is 429. The summed E-state index contributed by atoms with van der Waals surface area (Å²) in [6.07, 6.45) is 5.34. The summed E-state index contributed by atoms with van der Waals surface area (Å²) in [7, 11) is 0. The Balaban J connectivity index is 1.29. The highest BCUT2D eigenvalue weighted by Crippen LogP contribution is 2.36. The van der Waals surface area contributed by atoms with E-state index in [1.165, 1.54) is 25.7 Å². The summed E-state index contributed by atoms with van der Waals surface area (Å²) in [5.41, 5.74) is 0. The molecule has 2 amide bonds. The largest absolute Gasteiger partial charge is 0.334 e. The van der Waals surface area contributed by atoms with Crippen LogP contribution in [0.1, 0.15) is 25.7 Å². The number of amides is 2. The molecule has 4 fully saturated rings. The fraction of sp³-hybridized carbons (Fsp3) is 0.875. The highest BCUT2D eigenvalue weighted by atomic mass is 16.2. The van der Waals surface area contributed by atoms with Gasteiger partial charge in [-0.25, -0.2) is 0 Å². The molecular weight excluding hydrogens is 266 g/mol. The molecule has 0 aromatic carbocycles. The average molecular weight is 291 g/mol. The molecule has 5 heteroatoms. The summed E-state index contributed by atoms with van der Waals surface area (Å²) in [6, 6.07) is 0. The fourth-order valence-corrected chi connectivity index (χ4v) is 4.70. The molecule has 0 radical (unpaired) electrons. The Labute approximate surface area is 126 Å². The van der Waals surface area contributed by atoms with Crippen LogP contribution in [0.15, 0.2) is 0 Å². The Morgan fingerprint density at radius 3 is 1.71 bits per heavy atom. The lowest BCUT2D eigenvalue weighted by molar-refractivity contribution is -0.156. The zero-order valence-corrected chi connectivity index (χ0v) is 12.6. The predicted molar refractivity (Wildman–Crippen MR) is 78.5 cm³/mol. The van der Waals surface area contributed by atoms with E-state index in [0.717, 1.165) is 45.2 Å². The first-order valence-corrected chi connectivity index (χ1v) is 8.51. The predicted octanol–water partition coefficient (Wildman–Crippen LogP) is 0.313. The molecule has 116 valence electrons. The van der Waals surface area contributed by atoms with Crippen molar-refractivity contribution in [1.82, 2.24) is 15.1 Å². The van der Waals surface area contributed by atoms with Gasteiger partial charge in [0, 0.05) is 39.3 Å². The molecule has 4 rings (SSSR count). The van der Waals surface area contributed by atoms with Crippen LogP contribution in [0.4, 0.5) is 0 Å².